The van der Waals surface area contributed by atoms with Crippen molar-refractivity contribution < 1.29 is 23.9 Å². The Morgan fingerprint density at radius 2 is 1.56 bits per heavy atom. The molecule has 0 aliphatic carbocycles. The summed E-state index contributed by atoms with van der Waals surface area (Å²) < 4.78 is 11.2. The van der Waals surface area contributed by atoms with E-state index in [9.17, 15) is 14.4 Å². The summed E-state index contributed by atoms with van der Waals surface area (Å²) in [6.07, 6.45) is 1.88. The van der Waals surface area contributed by atoms with Crippen LogP contribution < -0.4 is 20.1 Å². The van der Waals surface area contributed by atoms with Gasteiger partial charge in [-0.2, -0.15) is 0 Å². The third kappa shape index (κ3) is 7.58. The average Bonchev–Trinajstić information content (AvgIpc) is 2.76. The molecule has 7 nitrogen and oxygen atoms in total. The fourth-order valence-corrected chi connectivity index (χ4v) is 2.91. The summed E-state index contributed by atoms with van der Waals surface area (Å²) in [5.41, 5.74) is 2.40. The molecule has 0 aliphatic rings. The van der Waals surface area contributed by atoms with Crippen molar-refractivity contribution in [2.24, 2.45) is 0 Å². The molecule has 0 fully saturated rings. The highest BCUT2D eigenvalue weighted by atomic mass is 16.5. The van der Waals surface area contributed by atoms with Crippen LogP contribution in [0.3, 0.4) is 0 Å². The summed E-state index contributed by atoms with van der Waals surface area (Å²) in [6, 6.07) is 12.3. The monoisotopic (exact) mass is 438 g/mol. The van der Waals surface area contributed by atoms with E-state index in [0.29, 0.717) is 48.9 Å². The van der Waals surface area contributed by atoms with E-state index in [4.69, 9.17) is 9.47 Å². The molecule has 0 aliphatic heterocycles. The molecule has 7 heteroatoms. The van der Waals surface area contributed by atoms with Crippen LogP contribution in [0.5, 0.6) is 11.5 Å². The van der Waals surface area contributed by atoms with Gasteiger partial charge in [-0.3, -0.25) is 14.4 Å². The SMILES string of the molecule is CCOc1ccc(CCNC(=O)/C=C(/C)C(=O)Nc2ccc(C(C)=O)cc2)cc1OCC. The van der Waals surface area contributed by atoms with Crippen molar-refractivity contribution in [3.05, 3.63) is 65.2 Å². The fraction of sp³-hybridized carbons (Fsp3) is 0.320. The summed E-state index contributed by atoms with van der Waals surface area (Å²) in [5, 5.41) is 5.49. The number of ether oxygens (including phenoxy) is 2. The quantitative estimate of drug-likeness (QED) is 0.410. The highest BCUT2D eigenvalue weighted by Crippen LogP contribution is 2.28. The van der Waals surface area contributed by atoms with Crippen molar-refractivity contribution in [3.8, 4) is 11.5 Å². The second-order valence-electron chi connectivity index (χ2n) is 7.10. The van der Waals surface area contributed by atoms with Gasteiger partial charge >= 0.3 is 0 Å². The van der Waals surface area contributed by atoms with E-state index in [0.717, 1.165) is 5.56 Å². The van der Waals surface area contributed by atoms with E-state index in [1.807, 2.05) is 32.0 Å². The number of carbonyl (C=O) groups is 3. The zero-order valence-corrected chi connectivity index (χ0v) is 19.0. The summed E-state index contributed by atoms with van der Waals surface area (Å²) in [5.74, 6) is 0.601. The van der Waals surface area contributed by atoms with E-state index in [2.05, 4.69) is 10.6 Å². The first-order valence-corrected chi connectivity index (χ1v) is 10.6. The number of rotatable bonds is 11. The molecule has 0 saturated carbocycles. The van der Waals surface area contributed by atoms with Crippen LogP contribution in [0.4, 0.5) is 5.69 Å². The maximum atomic E-state index is 12.3. The normalized spacial score (nSPS) is 10.9. The van der Waals surface area contributed by atoms with Crippen LogP contribution >= 0.6 is 0 Å². The number of nitrogens with one attached hydrogen (secondary N) is 2. The smallest absolute Gasteiger partial charge is 0.251 e. The molecule has 170 valence electrons. The minimum Gasteiger partial charge on any atom is -0.490 e. The number of anilines is 1. The Bertz CT molecular complexity index is 980. The van der Waals surface area contributed by atoms with Gasteiger partial charge in [-0.1, -0.05) is 6.07 Å². The minimum atomic E-state index is -0.386. The first-order chi connectivity index (χ1) is 15.3. The number of hydrogen-bond acceptors (Lipinski definition) is 5. The number of amides is 2. The second-order valence-corrected chi connectivity index (χ2v) is 7.10. The standard InChI is InChI=1S/C25H30N2O5/c1-5-31-22-12-7-19(16-23(22)32-6-2)13-14-26-24(29)15-17(3)25(30)27-21-10-8-20(9-11-21)18(4)28/h7-12,15-16H,5-6,13-14H2,1-4H3,(H,26,29)(H,27,30)/b17-15-. The molecule has 0 bridgehead atoms. The van der Waals surface area contributed by atoms with Gasteiger partial charge in [0.15, 0.2) is 17.3 Å². The van der Waals surface area contributed by atoms with Crippen LogP contribution in [0.15, 0.2) is 54.1 Å². The lowest BCUT2D eigenvalue weighted by Gasteiger charge is -2.12. The first kappa shape index (κ1) is 24.7. The number of benzene rings is 2. The molecular weight excluding hydrogens is 408 g/mol. The third-order valence-corrected chi connectivity index (χ3v) is 4.58. The van der Waals surface area contributed by atoms with Gasteiger partial charge < -0.3 is 20.1 Å². The predicted molar refractivity (Wildman–Crippen MR) is 124 cm³/mol. The molecule has 0 radical (unpaired) electrons. The van der Waals surface area contributed by atoms with Crippen molar-refractivity contribution in [2.45, 2.75) is 34.1 Å². The molecule has 0 unspecified atom stereocenters. The maximum Gasteiger partial charge on any atom is 0.251 e. The molecule has 0 atom stereocenters. The topological polar surface area (TPSA) is 93.7 Å². The molecular formula is C25H30N2O5. The van der Waals surface area contributed by atoms with Gasteiger partial charge in [0.25, 0.3) is 5.91 Å². The highest BCUT2D eigenvalue weighted by molar-refractivity contribution is 6.07. The minimum absolute atomic E-state index is 0.0463. The largest absolute Gasteiger partial charge is 0.490 e. The van der Waals surface area contributed by atoms with Crippen LogP contribution in [0.25, 0.3) is 0 Å². The summed E-state index contributed by atoms with van der Waals surface area (Å²) in [4.78, 5) is 35.8. The van der Waals surface area contributed by atoms with Crippen molar-refractivity contribution in [3.63, 3.8) is 0 Å². The van der Waals surface area contributed by atoms with Crippen molar-refractivity contribution in [1.29, 1.82) is 0 Å². The molecule has 0 spiro atoms. The number of ketones is 1. The van der Waals surface area contributed by atoms with E-state index >= 15 is 0 Å². The summed E-state index contributed by atoms with van der Waals surface area (Å²) in [6.45, 7) is 8.38. The van der Waals surface area contributed by atoms with Gasteiger partial charge in [0.05, 0.1) is 13.2 Å². The first-order valence-electron chi connectivity index (χ1n) is 10.6. The molecule has 0 aromatic heterocycles. The van der Waals surface area contributed by atoms with Crippen LogP contribution in [-0.2, 0) is 16.0 Å². The van der Waals surface area contributed by atoms with E-state index in [1.165, 1.54) is 13.0 Å². The van der Waals surface area contributed by atoms with Crippen LogP contribution in [0.1, 0.15) is 43.6 Å². The van der Waals surface area contributed by atoms with Gasteiger partial charge in [0, 0.05) is 29.4 Å². The highest BCUT2D eigenvalue weighted by Gasteiger charge is 2.09. The van der Waals surface area contributed by atoms with Gasteiger partial charge in [0.1, 0.15) is 0 Å². The van der Waals surface area contributed by atoms with Crippen molar-refractivity contribution >= 4 is 23.3 Å². The van der Waals surface area contributed by atoms with Crippen LogP contribution in [0.2, 0.25) is 0 Å². The van der Waals surface area contributed by atoms with Crippen molar-refractivity contribution in [1.82, 2.24) is 5.32 Å². The third-order valence-electron chi connectivity index (χ3n) is 4.58. The van der Waals surface area contributed by atoms with Crippen LogP contribution in [0, 0.1) is 0 Å². The Kier molecular flexibility index (Phi) is 9.47. The number of carbonyl (C=O) groups excluding carboxylic acids is 3. The Hall–Kier alpha value is -3.61. The Labute approximate surface area is 188 Å². The molecule has 2 aromatic carbocycles. The van der Waals surface area contributed by atoms with Crippen LogP contribution in [-0.4, -0.2) is 37.4 Å². The molecule has 2 amide bonds. The molecule has 2 N–H and O–H groups in total. The Balaban J connectivity index is 1.87. The molecule has 0 saturated heterocycles. The lowest BCUT2D eigenvalue weighted by molar-refractivity contribution is -0.117. The second kappa shape index (κ2) is 12.3. The van der Waals surface area contributed by atoms with Crippen molar-refractivity contribution in [2.75, 3.05) is 25.1 Å². The molecule has 2 aromatic rings. The number of hydrogen-bond donors (Lipinski definition) is 2. The summed E-state index contributed by atoms with van der Waals surface area (Å²) in [7, 11) is 0. The zero-order valence-electron chi connectivity index (χ0n) is 19.0. The fourth-order valence-electron chi connectivity index (χ4n) is 2.91. The number of Topliss-reactive ketones (excluding diaryl/α,β-unsaturated/α-hetero) is 1. The predicted octanol–water partition coefficient (Wildman–Crippen LogP) is 3.93. The van der Waals surface area contributed by atoms with Gasteiger partial charge in [0.2, 0.25) is 5.91 Å². The lowest BCUT2D eigenvalue weighted by atomic mass is 10.1. The molecule has 0 heterocycles. The van der Waals surface area contributed by atoms with Gasteiger partial charge in [-0.25, -0.2) is 0 Å². The maximum absolute atomic E-state index is 12.3. The van der Waals surface area contributed by atoms with Gasteiger partial charge in [-0.05, 0) is 76.1 Å². The van der Waals surface area contributed by atoms with E-state index in [1.54, 1.807) is 31.2 Å². The Morgan fingerprint density at radius 1 is 0.906 bits per heavy atom. The summed E-state index contributed by atoms with van der Waals surface area (Å²) >= 11 is 0. The average molecular weight is 439 g/mol. The van der Waals surface area contributed by atoms with E-state index < -0.39 is 0 Å². The Morgan fingerprint density at radius 3 is 2.19 bits per heavy atom. The molecule has 2 rings (SSSR count). The van der Waals surface area contributed by atoms with Gasteiger partial charge in [-0.15, -0.1) is 0 Å². The lowest BCUT2D eigenvalue weighted by Crippen LogP contribution is -2.25. The van der Waals surface area contributed by atoms with E-state index in [-0.39, 0.29) is 23.2 Å². The zero-order chi connectivity index (χ0) is 23.5. The molecule has 32 heavy (non-hydrogen) atoms.